The second-order valence-corrected chi connectivity index (χ2v) is 4.18. The molecule has 1 aromatic heterocycles. The first-order valence-electron chi connectivity index (χ1n) is 5.80. The van der Waals surface area contributed by atoms with Crippen LogP contribution in [-0.2, 0) is 11.2 Å². The number of hydrogen-bond donors (Lipinski definition) is 3. The molecule has 0 unspecified atom stereocenters. The molecule has 0 aliphatic carbocycles. The van der Waals surface area contributed by atoms with E-state index in [0.29, 0.717) is 24.3 Å². The highest BCUT2D eigenvalue weighted by atomic mass is 16.1. The maximum Gasteiger partial charge on any atom is 0.225 e. The van der Waals surface area contributed by atoms with Crippen LogP contribution >= 0.6 is 0 Å². The van der Waals surface area contributed by atoms with E-state index in [4.69, 9.17) is 5.73 Å². The van der Waals surface area contributed by atoms with Gasteiger partial charge in [-0.2, -0.15) is 5.10 Å². The van der Waals surface area contributed by atoms with Crippen LogP contribution in [0.1, 0.15) is 17.5 Å². The van der Waals surface area contributed by atoms with Gasteiger partial charge in [0.1, 0.15) is 0 Å². The van der Waals surface area contributed by atoms with Crippen LogP contribution in [0.3, 0.4) is 0 Å². The fraction of sp³-hybridized carbons (Fsp3) is 0.231. The zero-order chi connectivity index (χ0) is 13.0. The van der Waals surface area contributed by atoms with Crippen LogP contribution in [0.25, 0.3) is 0 Å². The Bertz CT molecular complexity index is 547. The van der Waals surface area contributed by atoms with E-state index >= 15 is 0 Å². The minimum absolute atomic E-state index is 0.0748. The predicted molar refractivity (Wildman–Crippen MR) is 71.1 cm³/mol. The number of nitrogen functional groups attached to an aromatic ring is 1. The number of aryl methyl sites for hydroxylation is 2. The van der Waals surface area contributed by atoms with Crippen molar-refractivity contribution in [2.45, 2.75) is 19.8 Å². The Morgan fingerprint density at radius 3 is 2.89 bits per heavy atom. The Hall–Kier alpha value is -2.30. The number of aromatic amines is 1. The normalized spacial score (nSPS) is 10.3. The molecule has 0 saturated carbocycles. The lowest BCUT2D eigenvalue weighted by atomic mass is 10.0. The number of aromatic nitrogens is 2. The molecule has 0 aliphatic heterocycles. The van der Waals surface area contributed by atoms with Gasteiger partial charge in [-0.05, 0) is 24.5 Å². The average molecular weight is 244 g/mol. The minimum atomic E-state index is -0.0748. The summed E-state index contributed by atoms with van der Waals surface area (Å²) in [6, 6.07) is 8.05. The number of hydrogen-bond acceptors (Lipinski definition) is 3. The molecule has 5 heteroatoms. The van der Waals surface area contributed by atoms with Gasteiger partial charge in [-0.3, -0.25) is 9.89 Å². The van der Waals surface area contributed by atoms with Crippen LogP contribution < -0.4 is 11.1 Å². The molecular formula is C13H16N4O. The molecule has 1 amide bonds. The van der Waals surface area contributed by atoms with Crippen molar-refractivity contribution in [2.24, 2.45) is 0 Å². The predicted octanol–water partition coefficient (Wildman–Crippen LogP) is 1.87. The lowest BCUT2D eigenvalue weighted by Gasteiger charge is -2.06. The summed E-state index contributed by atoms with van der Waals surface area (Å²) in [4.78, 5) is 11.7. The molecule has 1 heterocycles. The SMILES string of the molecule is Cc1ccccc1CCC(=O)Nc1[nH]ncc1N. The molecule has 2 aromatic rings. The first-order chi connectivity index (χ1) is 8.66. The van der Waals surface area contributed by atoms with Gasteiger partial charge in [-0.25, -0.2) is 0 Å². The lowest BCUT2D eigenvalue weighted by Crippen LogP contribution is -2.13. The first-order valence-corrected chi connectivity index (χ1v) is 5.80. The van der Waals surface area contributed by atoms with Gasteiger partial charge in [-0.15, -0.1) is 0 Å². The smallest absolute Gasteiger partial charge is 0.225 e. The quantitative estimate of drug-likeness (QED) is 0.767. The van der Waals surface area contributed by atoms with Crippen molar-refractivity contribution in [1.82, 2.24) is 10.2 Å². The van der Waals surface area contributed by atoms with E-state index < -0.39 is 0 Å². The number of nitrogens with two attached hydrogens (primary N) is 1. The number of rotatable bonds is 4. The molecule has 5 nitrogen and oxygen atoms in total. The van der Waals surface area contributed by atoms with E-state index in [1.807, 2.05) is 31.2 Å². The zero-order valence-corrected chi connectivity index (χ0v) is 10.2. The summed E-state index contributed by atoms with van der Waals surface area (Å²) in [5.41, 5.74) is 8.44. The summed E-state index contributed by atoms with van der Waals surface area (Å²) in [6.45, 7) is 2.04. The maximum absolute atomic E-state index is 11.7. The molecule has 1 aromatic carbocycles. The molecule has 0 radical (unpaired) electrons. The van der Waals surface area contributed by atoms with Crippen molar-refractivity contribution in [3.63, 3.8) is 0 Å². The Balaban J connectivity index is 1.90. The topological polar surface area (TPSA) is 83.8 Å². The molecular weight excluding hydrogens is 228 g/mol. The number of nitrogens with zero attached hydrogens (tertiary/aromatic N) is 1. The third kappa shape index (κ3) is 2.88. The average Bonchev–Trinajstić information content (AvgIpc) is 2.74. The fourth-order valence-corrected chi connectivity index (χ4v) is 1.74. The Morgan fingerprint density at radius 2 is 2.22 bits per heavy atom. The van der Waals surface area contributed by atoms with E-state index in [1.165, 1.54) is 17.3 Å². The van der Waals surface area contributed by atoms with Crippen LogP contribution in [0.2, 0.25) is 0 Å². The highest BCUT2D eigenvalue weighted by Crippen LogP contribution is 2.14. The monoisotopic (exact) mass is 244 g/mol. The van der Waals surface area contributed by atoms with Gasteiger partial charge < -0.3 is 11.1 Å². The molecule has 0 aliphatic rings. The second kappa shape index (κ2) is 5.35. The van der Waals surface area contributed by atoms with E-state index in [1.54, 1.807) is 0 Å². The summed E-state index contributed by atoms with van der Waals surface area (Å²) in [5, 5.41) is 9.08. The molecule has 2 rings (SSSR count). The lowest BCUT2D eigenvalue weighted by molar-refractivity contribution is -0.116. The van der Waals surface area contributed by atoms with Gasteiger partial charge >= 0.3 is 0 Å². The molecule has 0 saturated heterocycles. The highest BCUT2D eigenvalue weighted by molar-refractivity contribution is 5.92. The van der Waals surface area contributed by atoms with E-state index in [2.05, 4.69) is 15.5 Å². The van der Waals surface area contributed by atoms with Crippen LogP contribution in [0, 0.1) is 6.92 Å². The van der Waals surface area contributed by atoms with Crippen LogP contribution in [-0.4, -0.2) is 16.1 Å². The third-order valence-corrected chi connectivity index (χ3v) is 2.82. The van der Waals surface area contributed by atoms with Crippen molar-refractivity contribution in [3.05, 3.63) is 41.6 Å². The van der Waals surface area contributed by atoms with Crippen LogP contribution in [0.15, 0.2) is 30.5 Å². The van der Waals surface area contributed by atoms with Crippen molar-refractivity contribution >= 4 is 17.4 Å². The standard InChI is InChI=1S/C13H16N4O/c1-9-4-2-3-5-10(9)6-7-12(18)16-13-11(14)8-15-17-13/h2-5,8H,6-7,14H2,1H3,(H2,15,16,17,18). The Morgan fingerprint density at radius 1 is 1.44 bits per heavy atom. The molecule has 0 bridgehead atoms. The number of nitrogens with one attached hydrogen (secondary N) is 2. The summed E-state index contributed by atoms with van der Waals surface area (Å²) in [7, 11) is 0. The summed E-state index contributed by atoms with van der Waals surface area (Å²) in [5.74, 6) is 0.388. The number of H-pyrrole nitrogens is 1. The van der Waals surface area contributed by atoms with Crippen LogP contribution in [0.5, 0.6) is 0 Å². The number of benzene rings is 1. The van der Waals surface area contributed by atoms with Crippen molar-refractivity contribution in [1.29, 1.82) is 0 Å². The van der Waals surface area contributed by atoms with E-state index in [9.17, 15) is 4.79 Å². The summed E-state index contributed by atoms with van der Waals surface area (Å²) < 4.78 is 0. The largest absolute Gasteiger partial charge is 0.394 e. The first kappa shape index (κ1) is 12.2. The fourth-order valence-electron chi connectivity index (χ4n) is 1.74. The molecule has 0 atom stereocenters. The third-order valence-electron chi connectivity index (χ3n) is 2.82. The molecule has 0 fully saturated rings. The maximum atomic E-state index is 11.7. The summed E-state index contributed by atoms with van der Waals surface area (Å²) in [6.07, 6.45) is 2.60. The molecule has 0 spiro atoms. The van der Waals surface area contributed by atoms with Crippen LogP contribution in [0.4, 0.5) is 11.5 Å². The van der Waals surface area contributed by atoms with Crippen molar-refractivity contribution < 1.29 is 4.79 Å². The number of anilines is 2. The Kier molecular flexibility index (Phi) is 3.62. The second-order valence-electron chi connectivity index (χ2n) is 4.18. The van der Waals surface area contributed by atoms with Gasteiger partial charge in [0, 0.05) is 6.42 Å². The van der Waals surface area contributed by atoms with E-state index in [-0.39, 0.29) is 5.91 Å². The van der Waals surface area contributed by atoms with Gasteiger partial charge in [0.25, 0.3) is 0 Å². The molecule has 18 heavy (non-hydrogen) atoms. The van der Waals surface area contributed by atoms with Gasteiger partial charge in [-0.1, -0.05) is 24.3 Å². The van der Waals surface area contributed by atoms with Crippen molar-refractivity contribution in [3.8, 4) is 0 Å². The highest BCUT2D eigenvalue weighted by Gasteiger charge is 2.07. The number of carbonyl (C=O) groups excluding carboxylic acids is 1. The van der Waals surface area contributed by atoms with Gasteiger partial charge in [0.05, 0.1) is 11.9 Å². The molecule has 94 valence electrons. The van der Waals surface area contributed by atoms with Crippen molar-refractivity contribution in [2.75, 3.05) is 11.1 Å². The molecule has 4 N–H and O–H groups in total. The number of amides is 1. The number of carbonyl (C=O) groups is 1. The minimum Gasteiger partial charge on any atom is -0.394 e. The Labute approximate surface area is 105 Å². The van der Waals surface area contributed by atoms with Gasteiger partial charge in [0.2, 0.25) is 5.91 Å². The zero-order valence-electron chi connectivity index (χ0n) is 10.2. The summed E-state index contributed by atoms with van der Waals surface area (Å²) >= 11 is 0. The van der Waals surface area contributed by atoms with E-state index in [0.717, 1.165) is 0 Å². The van der Waals surface area contributed by atoms with Gasteiger partial charge in [0.15, 0.2) is 5.82 Å².